The van der Waals surface area contributed by atoms with Crippen LogP contribution in [0.2, 0.25) is 0 Å². The highest BCUT2D eigenvalue weighted by Crippen LogP contribution is 2.19. The lowest BCUT2D eigenvalue weighted by Crippen LogP contribution is -2.58. The number of nitrogens with one attached hydrogen (secondary N) is 1. The average molecular weight is 378 g/mol. The van der Waals surface area contributed by atoms with Crippen LogP contribution in [0.15, 0.2) is 30.3 Å². The minimum atomic E-state index is -1.03. The predicted molar refractivity (Wildman–Crippen MR) is 102 cm³/mol. The molecule has 1 saturated heterocycles. The van der Waals surface area contributed by atoms with E-state index in [2.05, 4.69) is 24.1 Å². The van der Waals surface area contributed by atoms with Crippen LogP contribution in [-0.2, 0) is 15.1 Å². The van der Waals surface area contributed by atoms with Crippen molar-refractivity contribution in [2.45, 2.75) is 31.8 Å². The van der Waals surface area contributed by atoms with Crippen molar-refractivity contribution in [3.63, 3.8) is 0 Å². The Kier molecular flexibility index (Phi) is 9.25. The summed E-state index contributed by atoms with van der Waals surface area (Å²) in [4.78, 5) is 14.9. The van der Waals surface area contributed by atoms with Crippen molar-refractivity contribution < 1.29 is 9.53 Å². The topological polar surface area (TPSA) is 67.6 Å². The summed E-state index contributed by atoms with van der Waals surface area (Å²) in [6, 6.07) is 9.47. The van der Waals surface area contributed by atoms with Gasteiger partial charge in [-0.1, -0.05) is 30.3 Å². The van der Waals surface area contributed by atoms with Gasteiger partial charge in [0.25, 0.3) is 0 Å². The number of carbonyl (C=O) groups is 1. The van der Waals surface area contributed by atoms with Gasteiger partial charge in [-0.25, -0.2) is 0 Å². The minimum absolute atomic E-state index is 0. The summed E-state index contributed by atoms with van der Waals surface area (Å²) in [7, 11) is 0. The van der Waals surface area contributed by atoms with Crippen LogP contribution in [0.3, 0.4) is 0 Å². The predicted octanol–water partition coefficient (Wildman–Crippen LogP) is 1.93. The molecule has 1 atom stereocenters. The van der Waals surface area contributed by atoms with Gasteiger partial charge in [-0.3, -0.25) is 9.69 Å². The highest BCUT2D eigenvalue weighted by molar-refractivity contribution is 5.87. The second kappa shape index (κ2) is 9.59. The monoisotopic (exact) mass is 377 g/mol. The first kappa shape index (κ1) is 23.1. The highest BCUT2D eigenvalue weighted by atomic mass is 35.5. The van der Waals surface area contributed by atoms with E-state index in [9.17, 15) is 4.79 Å². The number of ether oxygens (including phenoxy) is 1. The van der Waals surface area contributed by atoms with E-state index >= 15 is 0 Å². The van der Waals surface area contributed by atoms with Crippen LogP contribution < -0.4 is 11.1 Å². The minimum Gasteiger partial charge on any atom is -0.379 e. The first-order chi connectivity index (χ1) is 10.3. The van der Waals surface area contributed by atoms with Crippen LogP contribution in [-0.4, -0.2) is 49.2 Å². The Labute approximate surface area is 157 Å². The molecule has 0 aliphatic carbocycles. The van der Waals surface area contributed by atoms with E-state index < -0.39 is 5.54 Å². The third-order valence-corrected chi connectivity index (χ3v) is 4.39. The first-order valence-corrected chi connectivity index (χ1v) is 7.79. The zero-order chi connectivity index (χ0) is 16.2. The Hall–Kier alpha value is -0.850. The number of hydrogen-bond acceptors (Lipinski definition) is 4. The first-order valence-electron chi connectivity index (χ1n) is 7.79. The second-order valence-electron chi connectivity index (χ2n) is 6.66. The third kappa shape index (κ3) is 5.60. The van der Waals surface area contributed by atoms with Gasteiger partial charge in [-0.05, 0) is 26.3 Å². The van der Waals surface area contributed by atoms with E-state index in [1.54, 1.807) is 6.92 Å². The molecule has 0 aromatic heterocycles. The van der Waals surface area contributed by atoms with E-state index in [1.165, 1.54) is 0 Å². The summed E-state index contributed by atoms with van der Waals surface area (Å²) >= 11 is 0. The maximum atomic E-state index is 12.5. The van der Waals surface area contributed by atoms with Crippen molar-refractivity contribution in [3.05, 3.63) is 35.9 Å². The van der Waals surface area contributed by atoms with Crippen molar-refractivity contribution >= 4 is 30.7 Å². The summed E-state index contributed by atoms with van der Waals surface area (Å²) in [6.07, 6.45) is 0. The van der Waals surface area contributed by atoms with Crippen LogP contribution in [0.1, 0.15) is 26.3 Å². The number of nitrogens with two attached hydrogens (primary N) is 1. The van der Waals surface area contributed by atoms with Gasteiger partial charge >= 0.3 is 0 Å². The van der Waals surface area contributed by atoms with Crippen LogP contribution >= 0.6 is 24.8 Å². The van der Waals surface area contributed by atoms with Gasteiger partial charge in [0.1, 0.15) is 5.54 Å². The van der Waals surface area contributed by atoms with Crippen LogP contribution in [0, 0.1) is 0 Å². The summed E-state index contributed by atoms with van der Waals surface area (Å²) < 4.78 is 5.38. The zero-order valence-electron chi connectivity index (χ0n) is 14.6. The molecule has 1 aliphatic heterocycles. The molecule has 5 nitrogen and oxygen atoms in total. The van der Waals surface area contributed by atoms with Crippen molar-refractivity contribution in [3.8, 4) is 0 Å². The van der Waals surface area contributed by atoms with Gasteiger partial charge in [-0.15, -0.1) is 24.8 Å². The molecule has 1 amide bonds. The number of nitrogens with zero attached hydrogens (tertiary/aromatic N) is 1. The summed E-state index contributed by atoms with van der Waals surface area (Å²) in [5, 5.41) is 3.01. The fraction of sp³-hybridized carbons (Fsp3) is 0.588. The molecule has 138 valence electrons. The average Bonchev–Trinajstić information content (AvgIpc) is 2.54. The molecular formula is C17H29Cl2N3O2. The molecule has 1 aliphatic rings. The van der Waals surface area contributed by atoms with E-state index in [1.807, 2.05) is 30.3 Å². The van der Waals surface area contributed by atoms with Gasteiger partial charge in [0, 0.05) is 25.2 Å². The van der Waals surface area contributed by atoms with E-state index in [-0.39, 0.29) is 36.3 Å². The molecule has 0 radical (unpaired) electrons. The van der Waals surface area contributed by atoms with E-state index in [0.717, 1.165) is 31.9 Å². The smallest absolute Gasteiger partial charge is 0.244 e. The molecule has 7 heteroatoms. The third-order valence-electron chi connectivity index (χ3n) is 4.39. The molecule has 1 aromatic carbocycles. The second-order valence-corrected chi connectivity index (χ2v) is 6.66. The number of amides is 1. The Balaban J connectivity index is 0.00000264. The van der Waals surface area contributed by atoms with Gasteiger partial charge < -0.3 is 15.8 Å². The largest absolute Gasteiger partial charge is 0.379 e. The van der Waals surface area contributed by atoms with Crippen molar-refractivity contribution in [1.29, 1.82) is 0 Å². The Morgan fingerprint density at radius 3 is 2.25 bits per heavy atom. The molecule has 0 saturated carbocycles. The van der Waals surface area contributed by atoms with Crippen molar-refractivity contribution in [1.82, 2.24) is 10.2 Å². The van der Waals surface area contributed by atoms with Crippen molar-refractivity contribution in [2.24, 2.45) is 5.73 Å². The summed E-state index contributed by atoms with van der Waals surface area (Å²) in [5.74, 6) is -0.153. The quantitative estimate of drug-likeness (QED) is 0.822. The van der Waals surface area contributed by atoms with E-state index in [4.69, 9.17) is 10.5 Å². The molecule has 0 bridgehead atoms. The SMILES string of the molecule is CC(N)(C(=O)NCC(C)(C)N1CCOCC1)c1ccccc1.Cl.Cl. The number of carbonyl (C=O) groups excluding carboxylic acids is 1. The Morgan fingerprint density at radius 1 is 1.17 bits per heavy atom. The maximum Gasteiger partial charge on any atom is 0.244 e. The zero-order valence-corrected chi connectivity index (χ0v) is 16.2. The molecule has 1 aromatic rings. The molecule has 24 heavy (non-hydrogen) atoms. The van der Waals surface area contributed by atoms with E-state index in [0.29, 0.717) is 6.54 Å². The lowest BCUT2D eigenvalue weighted by atomic mass is 9.91. The molecule has 1 fully saturated rings. The van der Waals surface area contributed by atoms with Crippen LogP contribution in [0.5, 0.6) is 0 Å². The molecule has 2 rings (SSSR count). The molecule has 0 spiro atoms. The standard InChI is InChI=1S/C17H27N3O2.2ClH/c1-16(2,20-9-11-22-12-10-20)13-19-15(21)17(3,18)14-7-5-4-6-8-14;;/h4-8H,9-13,18H2,1-3H3,(H,19,21);2*1H. The maximum absolute atomic E-state index is 12.5. The van der Waals surface area contributed by atoms with Gasteiger partial charge in [0.05, 0.1) is 13.2 Å². The lowest BCUT2D eigenvalue weighted by Gasteiger charge is -2.41. The lowest BCUT2D eigenvalue weighted by molar-refractivity contribution is -0.126. The molecular weight excluding hydrogens is 349 g/mol. The summed E-state index contributed by atoms with van der Waals surface area (Å²) in [6.45, 7) is 9.85. The molecule has 3 N–H and O–H groups in total. The van der Waals surface area contributed by atoms with Gasteiger partial charge in [-0.2, -0.15) is 0 Å². The number of rotatable bonds is 5. The van der Waals surface area contributed by atoms with Crippen LogP contribution in [0.4, 0.5) is 0 Å². The molecule has 1 heterocycles. The normalized spacial score (nSPS) is 17.8. The highest BCUT2D eigenvalue weighted by Gasteiger charge is 2.33. The number of benzene rings is 1. The summed E-state index contributed by atoms with van der Waals surface area (Å²) in [5.41, 5.74) is 5.92. The van der Waals surface area contributed by atoms with Crippen LogP contribution in [0.25, 0.3) is 0 Å². The number of morpholine rings is 1. The fourth-order valence-electron chi connectivity index (χ4n) is 2.68. The van der Waals surface area contributed by atoms with Gasteiger partial charge in [0.15, 0.2) is 0 Å². The number of halogens is 2. The van der Waals surface area contributed by atoms with Gasteiger partial charge in [0.2, 0.25) is 5.91 Å². The van der Waals surface area contributed by atoms with Crippen molar-refractivity contribution in [2.75, 3.05) is 32.8 Å². The number of hydrogen-bond donors (Lipinski definition) is 2. The Bertz CT molecular complexity index is 504. The molecule has 1 unspecified atom stereocenters. The Morgan fingerprint density at radius 2 is 1.71 bits per heavy atom. The fourth-order valence-corrected chi connectivity index (χ4v) is 2.68.